The third kappa shape index (κ3) is 5.03. The van der Waals surface area contributed by atoms with Gasteiger partial charge in [0.05, 0.1) is 26.3 Å². The summed E-state index contributed by atoms with van der Waals surface area (Å²) in [4.78, 5) is 3.98. The van der Waals surface area contributed by atoms with Crippen molar-refractivity contribution in [3.63, 3.8) is 0 Å². The molecule has 0 saturated carbocycles. The summed E-state index contributed by atoms with van der Waals surface area (Å²) in [6, 6.07) is 10.6. The van der Waals surface area contributed by atoms with Gasteiger partial charge in [-0.25, -0.2) is 4.99 Å². The highest BCUT2D eigenvalue weighted by molar-refractivity contribution is 5.92. The van der Waals surface area contributed by atoms with E-state index in [2.05, 4.69) is 10.3 Å². The summed E-state index contributed by atoms with van der Waals surface area (Å²) in [7, 11) is 2.84. The summed E-state index contributed by atoms with van der Waals surface area (Å²) in [6.45, 7) is -0.221. The molecule has 0 bridgehead atoms. The summed E-state index contributed by atoms with van der Waals surface area (Å²) < 4.78 is 49.4. The number of alkyl halides is 3. The van der Waals surface area contributed by atoms with Gasteiger partial charge < -0.3 is 20.5 Å². The largest absolute Gasteiger partial charge is 0.497 e. The summed E-state index contributed by atoms with van der Waals surface area (Å²) >= 11 is 0. The van der Waals surface area contributed by atoms with Crippen LogP contribution >= 0.6 is 0 Å². The van der Waals surface area contributed by atoms with E-state index in [9.17, 15) is 13.2 Å². The van der Waals surface area contributed by atoms with E-state index in [1.807, 2.05) is 0 Å². The van der Waals surface area contributed by atoms with Crippen LogP contribution in [-0.4, -0.2) is 20.2 Å². The SMILES string of the molecule is COc1cccc(NC(N)=NCc2ccc(OC)cc2C(F)(F)F)c1. The van der Waals surface area contributed by atoms with E-state index >= 15 is 0 Å². The lowest BCUT2D eigenvalue weighted by molar-refractivity contribution is -0.138. The molecule has 2 rings (SSSR count). The van der Waals surface area contributed by atoms with Crippen molar-refractivity contribution < 1.29 is 22.6 Å². The number of guanidine groups is 1. The predicted molar refractivity (Wildman–Crippen MR) is 89.9 cm³/mol. The van der Waals surface area contributed by atoms with Crippen LogP contribution in [0.4, 0.5) is 18.9 Å². The van der Waals surface area contributed by atoms with Crippen LogP contribution in [0.25, 0.3) is 0 Å². The highest BCUT2D eigenvalue weighted by Gasteiger charge is 2.33. The molecule has 0 aliphatic rings. The standard InChI is InChI=1S/C17H18F3N3O2/c1-24-13-5-3-4-12(8-13)23-16(21)22-10-11-6-7-14(25-2)9-15(11)17(18,19)20/h3-9H,10H2,1-2H3,(H3,21,22,23). The van der Waals surface area contributed by atoms with Gasteiger partial charge in [-0.3, -0.25) is 0 Å². The van der Waals surface area contributed by atoms with Crippen molar-refractivity contribution in [3.8, 4) is 11.5 Å². The number of halogens is 3. The topological polar surface area (TPSA) is 68.9 Å². The zero-order valence-corrected chi connectivity index (χ0v) is 13.7. The number of ether oxygens (including phenoxy) is 2. The van der Waals surface area contributed by atoms with Gasteiger partial charge in [0.15, 0.2) is 5.96 Å². The molecule has 8 heteroatoms. The van der Waals surface area contributed by atoms with Gasteiger partial charge in [0, 0.05) is 11.8 Å². The molecule has 0 saturated heterocycles. The minimum absolute atomic E-state index is 0.00260. The molecule has 0 spiro atoms. The molecule has 0 radical (unpaired) electrons. The van der Waals surface area contributed by atoms with Crippen molar-refractivity contribution in [1.29, 1.82) is 0 Å². The fourth-order valence-corrected chi connectivity index (χ4v) is 2.14. The second-order valence-electron chi connectivity index (χ2n) is 5.08. The quantitative estimate of drug-likeness (QED) is 0.636. The van der Waals surface area contributed by atoms with Crippen molar-refractivity contribution in [2.75, 3.05) is 19.5 Å². The fraction of sp³-hybridized carbons (Fsp3) is 0.235. The first-order valence-electron chi connectivity index (χ1n) is 7.28. The van der Waals surface area contributed by atoms with Crippen LogP contribution in [0.2, 0.25) is 0 Å². The molecule has 134 valence electrons. The van der Waals surface area contributed by atoms with Crippen LogP contribution in [-0.2, 0) is 12.7 Å². The molecule has 0 aliphatic heterocycles. The zero-order valence-electron chi connectivity index (χ0n) is 13.7. The van der Waals surface area contributed by atoms with Gasteiger partial charge in [-0.05, 0) is 29.8 Å². The first-order chi connectivity index (χ1) is 11.8. The third-order valence-corrected chi connectivity index (χ3v) is 3.38. The molecule has 0 atom stereocenters. The summed E-state index contributed by atoms with van der Waals surface area (Å²) in [6.07, 6.45) is -4.51. The third-order valence-electron chi connectivity index (χ3n) is 3.38. The molecule has 0 aromatic heterocycles. The lowest BCUT2D eigenvalue weighted by Crippen LogP contribution is -2.22. The van der Waals surface area contributed by atoms with Crippen molar-refractivity contribution in [3.05, 3.63) is 53.6 Å². The van der Waals surface area contributed by atoms with Gasteiger partial charge in [-0.15, -0.1) is 0 Å². The lowest BCUT2D eigenvalue weighted by Gasteiger charge is -2.13. The van der Waals surface area contributed by atoms with Gasteiger partial charge in [-0.1, -0.05) is 12.1 Å². The van der Waals surface area contributed by atoms with E-state index < -0.39 is 11.7 Å². The molecule has 0 heterocycles. The first-order valence-corrected chi connectivity index (χ1v) is 7.28. The Labute approximate surface area is 143 Å². The Kier molecular flexibility index (Phi) is 5.74. The van der Waals surface area contributed by atoms with Crippen molar-refractivity contribution in [1.82, 2.24) is 0 Å². The highest BCUT2D eigenvalue weighted by atomic mass is 19.4. The van der Waals surface area contributed by atoms with Crippen LogP contribution in [0.5, 0.6) is 11.5 Å². The Balaban J connectivity index is 2.17. The number of nitrogens with one attached hydrogen (secondary N) is 1. The molecule has 0 unspecified atom stereocenters. The number of hydrogen-bond donors (Lipinski definition) is 2. The number of methoxy groups -OCH3 is 2. The van der Waals surface area contributed by atoms with Crippen LogP contribution in [0.15, 0.2) is 47.5 Å². The smallest absolute Gasteiger partial charge is 0.416 e. The maximum atomic E-state index is 13.2. The molecule has 2 aromatic rings. The molecular formula is C17H18F3N3O2. The maximum absolute atomic E-state index is 13.2. The predicted octanol–water partition coefficient (Wildman–Crippen LogP) is 3.65. The number of rotatable bonds is 5. The van der Waals surface area contributed by atoms with E-state index in [4.69, 9.17) is 15.2 Å². The number of anilines is 1. The second-order valence-corrected chi connectivity index (χ2v) is 5.08. The summed E-state index contributed by atoms with van der Waals surface area (Å²) in [5.74, 6) is 0.743. The fourth-order valence-electron chi connectivity index (χ4n) is 2.14. The number of hydrogen-bond acceptors (Lipinski definition) is 3. The van der Waals surface area contributed by atoms with Crippen LogP contribution in [0.1, 0.15) is 11.1 Å². The highest BCUT2D eigenvalue weighted by Crippen LogP contribution is 2.34. The van der Waals surface area contributed by atoms with Gasteiger partial charge >= 0.3 is 6.18 Å². The molecule has 0 aliphatic carbocycles. The summed E-state index contributed by atoms with van der Waals surface area (Å²) in [5, 5.41) is 2.81. The van der Waals surface area contributed by atoms with Crippen LogP contribution in [0, 0.1) is 0 Å². The Hall–Kier alpha value is -2.90. The number of benzene rings is 2. The van der Waals surface area contributed by atoms with E-state index in [0.717, 1.165) is 6.07 Å². The average molecular weight is 353 g/mol. The Morgan fingerprint density at radius 1 is 1.08 bits per heavy atom. The molecule has 3 N–H and O–H groups in total. The zero-order chi connectivity index (χ0) is 18.4. The molecule has 25 heavy (non-hydrogen) atoms. The molecule has 0 amide bonds. The Morgan fingerprint density at radius 2 is 1.76 bits per heavy atom. The van der Waals surface area contributed by atoms with E-state index in [0.29, 0.717) is 11.4 Å². The Bertz CT molecular complexity index is 761. The lowest BCUT2D eigenvalue weighted by atomic mass is 10.1. The first kappa shape index (κ1) is 18.4. The monoisotopic (exact) mass is 353 g/mol. The van der Waals surface area contributed by atoms with Gasteiger partial charge in [0.1, 0.15) is 11.5 Å². The number of nitrogens with zero attached hydrogens (tertiary/aromatic N) is 1. The average Bonchev–Trinajstić information content (AvgIpc) is 2.59. The van der Waals surface area contributed by atoms with Crippen LogP contribution in [0.3, 0.4) is 0 Å². The minimum Gasteiger partial charge on any atom is -0.497 e. The van der Waals surface area contributed by atoms with Crippen molar-refractivity contribution in [2.45, 2.75) is 12.7 Å². The molecule has 2 aromatic carbocycles. The van der Waals surface area contributed by atoms with Crippen LogP contribution < -0.4 is 20.5 Å². The van der Waals surface area contributed by atoms with Gasteiger partial charge in [-0.2, -0.15) is 13.2 Å². The van der Waals surface area contributed by atoms with E-state index in [-0.39, 0.29) is 23.8 Å². The van der Waals surface area contributed by atoms with Crippen molar-refractivity contribution >= 4 is 11.6 Å². The van der Waals surface area contributed by atoms with E-state index in [1.54, 1.807) is 24.3 Å². The minimum atomic E-state index is -4.51. The molecular weight excluding hydrogens is 335 g/mol. The second kappa shape index (κ2) is 7.78. The number of nitrogens with two attached hydrogens (primary N) is 1. The molecule has 5 nitrogen and oxygen atoms in total. The Morgan fingerprint density at radius 3 is 2.40 bits per heavy atom. The van der Waals surface area contributed by atoms with Gasteiger partial charge in [0.2, 0.25) is 0 Å². The number of aliphatic imine (C=N–C) groups is 1. The van der Waals surface area contributed by atoms with E-state index in [1.165, 1.54) is 26.4 Å². The molecule has 0 fully saturated rings. The summed E-state index contributed by atoms with van der Waals surface area (Å²) in [5.41, 5.74) is 5.57. The maximum Gasteiger partial charge on any atom is 0.416 e. The normalized spacial score (nSPS) is 12.0. The van der Waals surface area contributed by atoms with Gasteiger partial charge in [0.25, 0.3) is 0 Å². The van der Waals surface area contributed by atoms with Crippen molar-refractivity contribution in [2.24, 2.45) is 10.7 Å².